The molecule has 18 heavy (non-hydrogen) atoms. The summed E-state index contributed by atoms with van der Waals surface area (Å²) in [5.74, 6) is -0.0154. The molecule has 2 unspecified atom stereocenters. The number of rotatable bonds is 11. The molecule has 0 aliphatic heterocycles. The number of nitrogens with one attached hydrogen (secondary N) is 2. The van der Waals surface area contributed by atoms with E-state index in [-0.39, 0.29) is 18.1 Å². The first-order chi connectivity index (χ1) is 8.65. The first-order valence-corrected chi connectivity index (χ1v) is 6.17. The van der Waals surface area contributed by atoms with Gasteiger partial charge in [0, 0.05) is 41.0 Å². The van der Waals surface area contributed by atoms with E-state index in [9.17, 15) is 4.79 Å². The highest BCUT2D eigenvalue weighted by atomic mass is 16.5. The molecule has 0 saturated carbocycles. The fourth-order valence-corrected chi connectivity index (χ4v) is 1.38. The van der Waals surface area contributed by atoms with Crippen molar-refractivity contribution in [3.8, 4) is 0 Å². The van der Waals surface area contributed by atoms with Gasteiger partial charge in [-0.05, 0) is 13.3 Å². The van der Waals surface area contributed by atoms with E-state index in [2.05, 4.69) is 10.6 Å². The first-order valence-electron chi connectivity index (χ1n) is 6.17. The smallest absolute Gasteiger partial charge is 0.236 e. The SMILES string of the molecule is COCCCNC(=O)C(C)NCC(COC)OC. The van der Waals surface area contributed by atoms with Crippen LogP contribution in [0.2, 0.25) is 0 Å². The molecule has 0 aromatic rings. The third kappa shape index (κ3) is 8.41. The van der Waals surface area contributed by atoms with Crippen LogP contribution >= 0.6 is 0 Å². The second-order valence-corrected chi connectivity index (χ2v) is 4.08. The van der Waals surface area contributed by atoms with Crippen LogP contribution in [0.25, 0.3) is 0 Å². The zero-order valence-corrected chi connectivity index (χ0v) is 11.8. The van der Waals surface area contributed by atoms with E-state index in [4.69, 9.17) is 14.2 Å². The quantitative estimate of drug-likeness (QED) is 0.504. The lowest BCUT2D eigenvalue weighted by molar-refractivity contribution is -0.122. The lowest BCUT2D eigenvalue weighted by Crippen LogP contribution is -2.46. The van der Waals surface area contributed by atoms with Gasteiger partial charge in [-0.15, -0.1) is 0 Å². The minimum absolute atomic E-state index is 0.0154. The maximum absolute atomic E-state index is 11.7. The van der Waals surface area contributed by atoms with Crippen LogP contribution in [0.15, 0.2) is 0 Å². The zero-order valence-electron chi connectivity index (χ0n) is 11.8. The maximum Gasteiger partial charge on any atom is 0.236 e. The predicted molar refractivity (Wildman–Crippen MR) is 69.6 cm³/mol. The van der Waals surface area contributed by atoms with Gasteiger partial charge in [0.05, 0.1) is 18.8 Å². The Hall–Kier alpha value is -0.690. The van der Waals surface area contributed by atoms with Crippen molar-refractivity contribution in [2.75, 3.05) is 47.6 Å². The van der Waals surface area contributed by atoms with Crippen LogP contribution in [0.4, 0.5) is 0 Å². The molecule has 2 N–H and O–H groups in total. The third-order valence-corrected chi connectivity index (χ3v) is 2.56. The summed E-state index contributed by atoms with van der Waals surface area (Å²) in [4.78, 5) is 11.7. The molecule has 0 spiro atoms. The highest BCUT2D eigenvalue weighted by Gasteiger charge is 2.14. The molecule has 0 heterocycles. The van der Waals surface area contributed by atoms with Gasteiger partial charge in [-0.2, -0.15) is 0 Å². The molecule has 0 aromatic carbocycles. The van der Waals surface area contributed by atoms with Gasteiger partial charge in [-0.1, -0.05) is 0 Å². The Balaban J connectivity index is 3.72. The number of hydrogen-bond acceptors (Lipinski definition) is 5. The first kappa shape index (κ1) is 17.3. The van der Waals surface area contributed by atoms with Gasteiger partial charge in [0.1, 0.15) is 0 Å². The van der Waals surface area contributed by atoms with Crippen molar-refractivity contribution in [3.05, 3.63) is 0 Å². The summed E-state index contributed by atoms with van der Waals surface area (Å²) in [5.41, 5.74) is 0. The predicted octanol–water partition coefficient (Wildman–Crippen LogP) is -0.221. The molecular formula is C12H26N2O4. The summed E-state index contributed by atoms with van der Waals surface area (Å²) in [7, 11) is 4.89. The van der Waals surface area contributed by atoms with Gasteiger partial charge in [0.25, 0.3) is 0 Å². The van der Waals surface area contributed by atoms with E-state index in [0.717, 1.165) is 6.42 Å². The second kappa shape index (κ2) is 11.4. The molecule has 6 nitrogen and oxygen atoms in total. The summed E-state index contributed by atoms with van der Waals surface area (Å²) in [5, 5.41) is 5.95. The Bertz CT molecular complexity index is 214. The minimum Gasteiger partial charge on any atom is -0.385 e. The molecule has 0 aliphatic rings. The van der Waals surface area contributed by atoms with Crippen molar-refractivity contribution in [1.29, 1.82) is 0 Å². The van der Waals surface area contributed by atoms with Gasteiger partial charge in [-0.3, -0.25) is 4.79 Å². The number of amides is 1. The Labute approximate surface area is 109 Å². The standard InChI is InChI=1S/C12H26N2O4/c1-10(12(15)13-6-5-7-16-2)14-8-11(18-4)9-17-3/h10-11,14H,5-9H2,1-4H3,(H,13,15). The lowest BCUT2D eigenvalue weighted by Gasteiger charge is -2.19. The average molecular weight is 262 g/mol. The number of carbonyl (C=O) groups excluding carboxylic acids is 1. The number of ether oxygens (including phenoxy) is 3. The molecule has 0 fully saturated rings. The molecule has 0 radical (unpaired) electrons. The van der Waals surface area contributed by atoms with Crippen molar-refractivity contribution in [2.45, 2.75) is 25.5 Å². The Morgan fingerprint density at radius 1 is 1.22 bits per heavy atom. The van der Waals surface area contributed by atoms with Crippen molar-refractivity contribution in [2.24, 2.45) is 0 Å². The van der Waals surface area contributed by atoms with Gasteiger partial charge in [0.2, 0.25) is 5.91 Å². The summed E-state index contributed by atoms with van der Waals surface area (Å²) in [6, 6.07) is -0.248. The van der Waals surface area contributed by atoms with E-state index in [1.807, 2.05) is 6.92 Å². The van der Waals surface area contributed by atoms with Crippen molar-refractivity contribution < 1.29 is 19.0 Å². The molecule has 6 heteroatoms. The molecule has 108 valence electrons. The van der Waals surface area contributed by atoms with Crippen LogP contribution in [-0.4, -0.2) is 65.7 Å². The number of methoxy groups -OCH3 is 3. The summed E-state index contributed by atoms with van der Waals surface area (Å²) in [6.45, 7) is 4.19. The Morgan fingerprint density at radius 3 is 2.50 bits per heavy atom. The normalized spacial score (nSPS) is 14.2. The summed E-state index contributed by atoms with van der Waals surface area (Å²) < 4.78 is 15.1. The summed E-state index contributed by atoms with van der Waals surface area (Å²) in [6.07, 6.45) is 0.776. The highest BCUT2D eigenvalue weighted by Crippen LogP contribution is 1.91. The van der Waals surface area contributed by atoms with Gasteiger partial charge < -0.3 is 24.8 Å². The molecule has 1 amide bonds. The van der Waals surface area contributed by atoms with Gasteiger partial charge in [-0.25, -0.2) is 0 Å². The van der Waals surface area contributed by atoms with E-state index in [1.54, 1.807) is 21.3 Å². The molecule has 2 atom stereocenters. The van der Waals surface area contributed by atoms with E-state index >= 15 is 0 Å². The molecule has 0 saturated heterocycles. The third-order valence-electron chi connectivity index (χ3n) is 2.56. The van der Waals surface area contributed by atoms with E-state index in [1.165, 1.54) is 0 Å². The summed E-state index contributed by atoms with van der Waals surface area (Å²) >= 11 is 0. The van der Waals surface area contributed by atoms with Gasteiger partial charge in [0.15, 0.2) is 0 Å². The van der Waals surface area contributed by atoms with Crippen molar-refractivity contribution in [3.63, 3.8) is 0 Å². The molecule has 0 aliphatic carbocycles. The average Bonchev–Trinajstić information content (AvgIpc) is 2.38. The second-order valence-electron chi connectivity index (χ2n) is 4.08. The molecule has 0 rings (SSSR count). The van der Waals surface area contributed by atoms with Crippen LogP contribution < -0.4 is 10.6 Å². The minimum atomic E-state index is -0.248. The van der Waals surface area contributed by atoms with E-state index < -0.39 is 0 Å². The number of hydrogen-bond donors (Lipinski definition) is 2. The van der Waals surface area contributed by atoms with Crippen LogP contribution in [0.1, 0.15) is 13.3 Å². The molecular weight excluding hydrogens is 236 g/mol. The van der Waals surface area contributed by atoms with Crippen LogP contribution in [-0.2, 0) is 19.0 Å². The Kier molecular flexibility index (Phi) is 11.0. The number of carbonyl (C=O) groups is 1. The maximum atomic E-state index is 11.7. The zero-order chi connectivity index (χ0) is 13.8. The van der Waals surface area contributed by atoms with Crippen molar-refractivity contribution >= 4 is 5.91 Å². The van der Waals surface area contributed by atoms with Crippen LogP contribution in [0.3, 0.4) is 0 Å². The van der Waals surface area contributed by atoms with Crippen LogP contribution in [0.5, 0.6) is 0 Å². The van der Waals surface area contributed by atoms with Crippen LogP contribution in [0, 0.1) is 0 Å². The molecule has 0 aromatic heterocycles. The fourth-order valence-electron chi connectivity index (χ4n) is 1.38. The topological polar surface area (TPSA) is 68.8 Å². The lowest BCUT2D eigenvalue weighted by atomic mass is 10.2. The largest absolute Gasteiger partial charge is 0.385 e. The van der Waals surface area contributed by atoms with E-state index in [0.29, 0.717) is 26.3 Å². The highest BCUT2D eigenvalue weighted by molar-refractivity contribution is 5.81. The monoisotopic (exact) mass is 262 g/mol. The Morgan fingerprint density at radius 2 is 1.94 bits per heavy atom. The van der Waals surface area contributed by atoms with Crippen molar-refractivity contribution in [1.82, 2.24) is 10.6 Å². The fraction of sp³-hybridized carbons (Fsp3) is 0.917. The van der Waals surface area contributed by atoms with Gasteiger partial charge >= 0.3 is 0 Å². The molecule has 0 bridgehead atoms.